The molecular formula is C11H8BrNO3. The van der Waals surface area contributed by atoms with Crippen molar-refractivity contribution in [3.05, 3.63) is 40.1 Å². The minimum atomic E-state index is -0.450. The summed E-state index contributed by atoms with van der Waals surface area (Å²) in [7, 11) is 0. The maximum Gasteiger partial charge on any atom is 0.308 e. The maximum absolute atomic E-state index is 11.6. The standard InChI is InChI=1S/C11H8BrNO3/c1-7(14)16-10-5-8-4-9(12)2-3-11(8)13(15)6-10/h2-6H,1H3. The number of fused-ring (bicyclic) bond motifs is 1. The van der Waals surface area contributed by atoms with Crippen molar-refractivity contribution in [2.45, 2.75) is 6.92 Å². The minimum absolute atomic E-state index is 0.244. The van der Waals surface area contributed by atoms with Gasteiger partial charge in [0.15, 0.2) is 5.75 Å². The molecule has 5 heteroatoms. The summed E-state index contributed by atoms with van der Waals surface area (Å²) < 4.78 is 6.41. The van der Waals surface area contributed by atoms with Crippen LogP contribution in [0.1, 0.15) is 6.92 Å². The molecule has 0 radical (unpaired) electrons. The zero-order valence-electron chi connectivity index (χ0n) is 8.44. The number of ether oxygens (including phenoxy) is 1. The summed E-state index contributed by atoms with van der Waals surface area (Å²) in [6, 6.07) is 6.92. The third kappa shape index (κ3) is 2.14. The number of esters is 1. The fraction of sp³-hybridized carbons (Fsp3) is 0.0909. The molecule has 0 spiro atoms. The Labute approximate surface area is 100 Å². The Hall–Kier alpha value is -1.62. The molecule has 0 aliphatic carbocycles. The topological polar surface area (TPSA) is 53.2 Å². The molecule has 0 amide bonds. The van der Waals surface area contributed by atoms with Crippen LogP contribution in [-0.4, -0.2) is 5.97 Å². The van der Waals surface area contributed by atoms with Crippen LogP contribution in [-0.2, 0) is 4.79 Å². The van der Waals surface area contributed by atoms with E-state index in [9.17, 15) is 10.0 Å². The predicted octanol–water partition coefficient (Wildman–Crippen LogP) is 2.16. The van der Waals surface area contributed by atoms with Crippen molar-refractivity contribution in [2.24, 2.45) is 0 Å². The number of pyridine rings is 1. The van der Waals surface area contributed by atoms with Crippen molar-refractivity contribution in [3.63, 3.8) is 0 Å². The molecule has 0 bridgehead atoms. The molecule has 16 heavy (non-hydrogen) atoms. The largest absolute Gasteiger partial charge is 0.618 e. The van der Waals surface area contributed by atoms with Gasteiger partial charge in [0.05, 0.1) is 5.39 Å². The number of benzene rings is 1. The first kappa shape index (κ1) is 10.9. The van der Waals surface area contributed by atoms with Gasteiger partial charge < -0.3 is 9.94 Å². The minimum Gasteiger partial charge on any atom is -0.618 e. The van der Waals surface area contributed by atoms with Gasteiger partial charge in [-0.05, 0) is 12.1 Å². The summed E-state index contributed by atoms with van der Waals surface area (Å²) in [5, 5.41) is 12.3. The molecule has 1 aromatic heterocycles. The van der Waals surface area contributed by atoms with E-state index in [1.54, 1.807) is 24.3 Å². The summed E-state index contributed by atoms with van der Waals surface area (Å²) in [5.74, 6) is -0.206. The number of halogens is 1. The monoisotopic (exact) mass is 281 g/mol. The molecule has 1 aromatic carbocycles. The van der Waals surface area contributed by atoms with E-state index in [1.807, 2.05) is 0 Å². The molecule has 0 unspecified atom stereocenters. The zero-order valence-corrected chi connectivity index (χ0v) is 10.0. The summed E-state index contributed by atoms with van der Waals surface area (Å²) >= 11 is 3.31. The van der Waals surface area contributed by atoms with Crippen molar-refractivity contribution in [1.29, 1.82) is 0 Å². The van der Waals surface area contributed by atoms with Crippen LogP contribution in [0.3, 0.4) is 0 Å². The van der Waals surface area contributed by atoms with Gasteiger partial charge in [-0.1, -0.05) is 15.9 Å². The maximum atomic E-state index is 11.6. The lowest BCUT2D eigenvalue weighted by Gasteiger charge is -2.05. The lowest BCUT2D eigenvalue weighted by molar-refractivity contribution is -0.577. The van der Waals surface area contributed by atoms with E-state index in [-0.39, 0.29) is 5.75 Å². The van der Waals surface area contributed by atoms with E-state index in [2.05, 4.69) is 15.9 Å². The first-order valence-corrected chi connectivity index (χ1v) is 5.36. The Morgan fingerprint density at radius 1 is 1.44 bits per heavy atom. The van der Waals surface area contributed by atoms with Gasteiger partial charge in [0, 0.05) is 23.5 Å². The van der Waals surface area contributed by atoms with Gasteiger partial charge in [0.25, 0.3) is 0 Å². The molecule has 2 rings (SSSR count). The number of aromatic nitrogens is 1. The van der Waals surface area contributed by atoms with Crippen LogP contribution >= 0.6 is 15.9 Å². The van der Waals surface area contributed by atoms with E-state index in [0.717, 1.165) is 4.47 Å². The second kappa shape index (κ2) is 4.09. The first-order valence-electron chi connectivity index (χ1n) is 4.57. The summed E-state index contributed by atoms with van der Waals surface area (Å²) in [6.07, 6.45) is 1.23. The molecule has 0 N–H and O–H groups in total. The average Bonchev–Trinajstić information content (AvgIpc) is 2.15. The van der Waals surface area contributed by atoms with Crippen molar-refractivity contribution >= 4 is 32.8 Å². The van der Waals surface area contributed by atoms with Gasteiger partial charge >= 0.3 is 5.97 Å². The number of hydrogen-bond acceptors (Lipinski definition) is 3. The Bertz CT molecular complexity index is 568. The second-order valence-electron chi connectivity index (χ2n) is 3.30. The molecule has 0 saturated heterocycles. The van der Waals surface area contributed by atoms with Gasteiger partial charge in [-0.2, -0.15) is 4.73 Å². The van der Waals surface area contributed by atoms with Crippen LogP contribution in [0.2, 0.25) is 0 Å². The van der Waals surface area contributed by atoms with Gasteiger partial charge in [-0.25, -0.2) is 0 Å². The van der Waals surface area contributed by atoms with Gasteiger partial charge in [0.2, 0.25) is 11.7 Å². The van der Waals surface area contributed by atoms with Crippen LogP contribution in [0.5, 0.6) is 5.75 Å². The van der Waals surface area contributed by atoms with Crippen molar-refractivity contribution in [2.75, 3.05) is 0 Å². The quantitative estimate of drug-likeness (QED) is 0.457. The van der Waals surface area contributed by atoms with E-state index < -0.39 is 5.97 Å². The third-order valence-electron chi connectivity index (χ3n) is 2.03. The zero-order chi connectivity index (χ0) is 11.7. The summed E-state index contributed by atoms with van der Waals surface area (Å²) in [6.45, 7) is 1.29. The van der Waals surface area contributed by atoms with Gasteiger partial charge in [-0.3, -0.25) is 4.79 Å². The van der Waals surface area contributed by atoms with Crippen molar-refractivity contribution < 1.29 is 14.3 Å². The Kier molecular flexibility index (Phi) is 2.78. The highest BCUT2D eigenvalue weighted by molar-refractivity contribution is 9.10. The van der Waals surface area contributed by atoms with Crippen LogP contribution in [0, 0.1) is 5.21 Å². The summed E-state index contributed by atoms with van der Waals surface area (Å²) in [4.78, 5) is 10.8. The molecule has 0 saturated carbocycles. The Morgan fingerprint density at radius 3 is 2.88 bits per heavy atom. The SMILES string of the molecule is CC(=O)Oc1cc2cc(Br)ccc2[n+]([O-])c1. The highest BCUT2D eigenvalue weighted by Gasteiger charge is 2.09. The third-order valence-corrected chi connectivity index (χ3v) is 2.52. The fourth-order valence-corrected chi connectivity index (χ4v) is 1.82. The molecule has 0 aliphatic rings. The fourth-order valence-electron chi connectivity index (χ4n) is 1.44. The Balaban J connectivity index is 2.60. The second-order valence-corrected chi connectivity index (χ2v) is 4.21. The van der Waals surface area contributed by atoms with Gasteiger partial charge in [0.1, 0.15) is 0 Å². The number of nitrogens with zero attached hydrogens (tertiary/aromatic N) is 1. The van der Waals surface area contributed by atoms with Crippen LogP contribution in [0.15, 0.2) is 34.9 Å². The molecule has 0 fully saturated rings. The lowest BCUT2D eigenvalue weighted by atomic mass is 10.2. The van der Waals surface area contributed by atoms with E-state index in [1.165, 1.54) is 13.1 Å². The van der Waals surface area contributed by atoms with Crippen molar-refractivity contribution in [3.8, 4) is 5.75 Å². The van der Waals surface area contributed by atoms with Crippen LogP contribution in [0.25, 0.3) is 10.9 Å². The van der Waals surface area contributed by atoms with Gasteiger partial charge in [-0.15, -0.1) is 0 Å². The molecule has 1 heterocycles. The van der Waals surface area contributed by atoms with E-state index in [0.29, 0.717) is 15.6 Å². The smallest absolute Gasteiger partial charge is 0.308 e. The Morgan fingerprint density at radius 2 is 2.19 bits per heavy atom. The molecule has 82 valence electrons. The highest BCUT2D eigenvalue weighted by atomic mass is 79.9. The average molecular weight is 282 g/mol. The number of rotatable bonds is 1. The van der Waals surface area contributed by atoms with E-state index in [4.69, 9.17) is 4.74 Å². The number of carbonyl (C=O) groups excluding carboxylic acids is 1. The van der Waals surface area contributed by atoms with E-state index >= 15 is 0 Å². The van der Waals surface area contributed by atoms with Crippen molar-refractivity contribution in [1.82, 2.24) is 0 Å². The molecular weight excluding hydrogens is 274 g/mol. The lowest BCUT2D eigenvalue weighted by Crippen LogP contribution is -2.26. The molecule has 0 atom stereocenters. The molecule has 2 aromatic rings. The highest BCUT2D eigenvalue weighted by Crippen LogP contribution is 2.21. The predicted molar refractivity (Wildman–Crippen MR) is 61.9 cm³/mol. The van der Waals surface area contributed by atoms with Crippen LogP contribution < -0.4 is 9.47 Å². The molecule has 0 aliphatic heterocycles. The number of carbonyl (C=O) groups is 1. The first-order chi connectivity index (χ1) is 7.56. The summed E-state index contributed by atoms with van der Waals surface area (Å²) in [5.41, 5.74) is 0.527. The molecule has 4 nitrogen and oxygen atoms in total. The number of hydrogen-bond donors (Lipinski definition) is 0. The van der Waals surface area contributed by atoms with Crippen LogP contribution in [0.4, 0.5) is 0 Å². The normalized spacial score (nSPS) is 10.4.